The molecule has 1 amide bonds. The molecule has 0 aliphatic rings. The number of nitrogens with one attached hydrogen (secondary N) is 2. The Morgan fingerprint density at radius 3 is 2.82 bits per heavy atom. The number of carbonyl (C=O) groups excluding carboxylic acids is 1. The van der Waals surface area contributed by atoms with E-state index in [4.69, 9.17) is 11.6 Å². The first-order valence-electron chi connectivity index (χ1n) is 6.44. The first kappa shape index (κ1) is 14.9. The number of rotatable bonds is 4. The maximum Gasteiger partial charge on any atom is 0.234 e. The third-order valence-electron chi connectivity index (χ3n) is 2.89. The van der Waals surface area contributed by atoms with Crippen molar-refractivity contribution in [2.75, 3.05) is 11.1 Å². The molecule has 4 nitrogen and oxygen atoms in total. The van der Waals surface area contributed by atoms with Gasteiger partial charge in [-0.05, 0) is 42.5 Å². The van der Waals surface area contributed by atoms with Crippen LogP contribution in [0.25, 0.3) is 11.0 Å². The van der Waals surface area contributed by atoms with Crippen LogP contribution in [-0.4, -0.2) is 21.6 Å². The molecule has 0 spiro atoms. The second-order valence-electron chi connectivity index (χ2n) is 4.55. The highest BCUT2D eigenvalue weighted by Gasteiger charge is 2.08. The number of aromatic nitrogens is 2. The van der Waals surface area contributed by atoms with Gasteiger partial charge in [-0.3, -0.25) is 4.79 Å². The lowest BCUT2D eigenvalue weighted by Crippen LogP contribution is -2.14. The second-order valence-corrected chi connectivity index (χ2v) is 5.95. The SMILES string of the molecule is O=C(CSc1nc2ccc(Cl)cc2[nH]1)Nc1ccc(F)cc1. The maximum atomic E-state index is 12.8. The van der Waals surface area contributed by atoms with Crippen molar-refractivity contribution < 1.29 is 9.18 Å². The van der Waals surface area contributed by atoms with Gasteiger partial charge in [0.1, 0.15) is 5.82 Å². The number of amides is 1. The summed E-state index contributed by atoms with van der Waals surface area (Å²) in [7, 11) is 0. The van der Waals surface area contributed by atoms with Crippen LogP contribution in [0.15, 0.2) is 47.6 Å². The molecule has 0 bridgehead atoms. The van der Waals surface area contributed by atoms with Gasteiger partial charge >= 0.3 is 0 Å². The van der Waals surface area contributed by atoms with Gasteiger partial charge in [0.25, 0.3) is 0 Å². The Labute approximate surface area is 135 Å². The van der Waals surface area contributed by atoms with Crippen molar-refractivity contribution in [1.82, 2.24) is 9.97 Å². The van der Waals surface area contributed by atoms with E-state index >= 15 is 0 Å². The van der Waals surface area contributed by atoms with Crippen molar-refractivity contribution in [2.45, 2.75) is 5.16 Å². The molecule has 3 aromatic rings. The van der Waals surface area contributed by atoms with E-state index in [1.165, 1.54) is 36.0 Å². The molecule has 112 valence electrons. The minimum absolute atomic E-state index is 0.185. The normalized spacial score (nSPS) is 10.8. The van der Waals surface area contributed by atoms with E-state index in [1.807, 2.05) is 6.07 Å². The van der Waals surface area contributed by atoms with Gasteiger partial charge in [-0.25, -0.2) is 9.37 Å². The van der Waals surface area contributed by atoms with Crippen LogP contribution in [0.3, 0.4) is 0 Å². The zero-order valence-corrected chi connectivity index (χ0v) is 12.8. The van der Waals surface area contributed by atoms with Crippen molar-refractivity contribution >= 4 is 46.0 Å². The van der Waals surface area contributed by atoms with Crippen LogP contribution >= 0.6 is 23.4 Å². The molecule has 0 saturated heterocycles. The highest BCUT2D eigenvalue weighted by atomic mass is 35.5. The van der Waals surface area contributed by atoms with Gasteiger partial charge in [0.2, 0.25) is 5.91 Å². The van der Waals surface area contributed by atoms with Crippen LogP contribution in [0, 0.1) is 5.82 Å². The van der Waals surface area contributed by atoms with E-state index in [9.17, 15) is 9.18 Å². The Balaban J connectivity index is 1.61. The minimum atomic E-state index is -0.340. The van der Waals surface area contributed by atoms with Crippen LogP contribution in [0.2, 0.25) is 5.02 Å². The van der Waals surface area contributed by atoms with Gasteiger partial charge < -0.3 is 10.3 Å². The van der Waals surface area contributed by atoms with Crippen LogP contribution < -0.4 is 5.32 Å². The van der Waals surface area contributed by atoms with Crippen molar-refractivity contribution in [3.05, 3.63) is 53.3 Å². The summed E-state index contributed by atoms with van der Waals surface area (Å²) in [6.07, 6.45) is 0. The Morgan fingerprint density at radius 1 is 1.27 bits per heavy atom. The molecule has 0 unspecified atom stereocenters. The second kappa shape index (κ2) is 6.37. The van der Waals surface area contributed by atoms with E-state index in [0.717, 1.165) is 11.0 Å². The molecule has 0 aliphatic heterocycles. The fourth-order valence-electron chi connectivity index (χ4n) is 1.89. The summed E-state index contributed by atoms with van der Waals surface area (Å²) < 4.78 is 12.8. The molecule has 0 radical (unpaired) electrons. The number of hydrogen-bond acceptors (Lipinski definition) is 3. The summed E-state index contributed by atoms with van der Waals surface area (Å²) in [4.78, 5) is 19.3. The minimum Gasteiger partial charge on any atom is -0.333 e. The van der Waals surface area contributed by atoms with Crippen molar-refractivity contribution in [2.24, 2.45) is 0 Å². The monoisotopic (exact) mass is 335 g/mol. The van der Waals surface area contributed by atoms with Crippen LogP contribution in [0.1, 0.15) is 0 Å². The Kier molecular flexibility index (Phi) is 4.31. The largest absolute Gasteiger partial charge is 0.333 e. The van der Waals surface area contributed by atoms with E-state index < -0.39 is 0 Å². The lowest BCUT2D eigenvalue weighted by atomic mass is 10.3. The zero-order valence-electron chi connectivity index (χ0n) is 11.3. The number of benzene rings is 2. The number of thioether (sulfide) groups is 1. The van der Waals surface area contributed by atoms with Crippen LogP contribution in [0.5, 0.6) is 0 Å². The number of anilines is 1. The maximum absolute atomic E-state index is 12.8. The standard InChI is InChI=1S/C15H11ClFN3OS/c16-9-1-6-12-13(7-9)20-15(19-12)22-8-14(21)18-11-4-2-10(17)3-5-11/h1-7H,8H2,(H,18,21)(H,19,20). The molecule has 2 N–H and O–H groups in total. The number of halogens is 2. The van der Waals surface area contributed by atoms with Gasteiger partial charge in [-0.15, -0.1) is 0 Å². The predicted octanol–water partition coefficient (Wildman–Crippen LogP) is 4.09. The Hall–Kier alpha value is -2.05. The van der Waals surface area contributed by atoms with Crippen LogP contribution in [-0.2, 0) is 4.79 Å². The number of H-pyrrole nitrogens is 1. The Morgan fingerprint density at radius 2 is 2.05 bits per heavy atom. The molecule has 0 saturated carbocycles. The molecule has 1 aromatic heterocycles. The molecular formula is C15H11ClFN3OS. The van der Waals surface area contributed by atoms with E-state index in [1.54, 1.807) is 12.1 Å². The summed E-state index contributed by atoms with van der Waals surface area (Å²) in [6.45, 7) is 0. The molecule has 0 fully saturated rings. The smallest absolute Gasteiger partial charge is 0.234 e. The van der Waals surface area contributed by atoms with Gasteiger partial charge in [-0.1, -0.05) is 23.4 Å². The van der Waals surface area contributed by atoms with Crippen molar-refractivity contribution in [3.63, 3.8) is 0 Å². The third-order valence-corrected chi connectivity index (χ3v) is 4.00. The lowest BCUT2D eigenvalue weighted by molar-refractivity contribution is -0.113. The average molecular weight is 336 g/mol. The van der Waals surface area contributed by atoms with Gasteiger partial charge in [-0.2, -0.15) is 0 Å². The molecule has 2 aromatic carbocycles. The number of hydrogen-bond donors (Lipinski definition) is 2. The zero-order chi connectivity index (χ0) is 15.5. The lowest BCUT2D eigenvalue weighted by Gasteiger charge is -2.03. The molecule has 0 atom stereocenters. The van der Waals surface area contributed by atoms with E-state index in [2.05, 4.69) is 15.3 Å². The van der Waals surface area contributed by atoms with Gasteiger partial charge in [0, 0.05) is 10.7 Å². The fourth-order valence-corrected chi connectivity index (χ4v) is 2.75. The number of aromatic amines is 1. The highest BCUT2D eigenvalue weighted by molar-refractivity contribution is 7.99. The van der Waals surface area contributed by atoms with Gasteiger partial charge in [0.05, 0.1) is 16.8 Å². The molecule has 1 heterocycles. The summed E-state index contributed by atoms with van der Waals surface area (Å²) in [5.41, 5.74) is 2.18. The molecule has 22 heavy (non-hydrogen) atoms. The number of fused-ring (bicyclic) bond motifs is 1. The number of nitrogens with zero attached hydrogens (tertiary/aromatic N) is 1. The fraction of sp³-hybridized carbons (Fsp3) is 0.0667. The quantitative estimate of drug-likeness (QED) is 0.706. The highest BCUT2D eigenvalue weighted by Crippen LogP contribution is 2.22. The summed E-state index contributed by atoms with van der Waals surface area (Å²) in [5.74, 6) is -0.325. The third kappa shape index (κ3) is 3.58. The van der Waals surface area contributed by atoms with Crippen molar-refractivity contribution in [3.8, 4) is 0 Å². The molecule has 3 rings (SSSR count). The topological polar surface area (TPSA) is 57.8 Å². The average Bonchev–Trinajstić information content (AvgIpc) is 2.89. The first-order valence-corrected chi connectivity index (χ1v) is 7.80. The molecule has 7 heteroatoms. The van der Waals surface area contributed by atoms with Crippen molar-refractivity contribution in [1.29, 1.82) is 0 Å². The Bertz CT molecular complexity index is 819. The predicted molar refractivity (Wildman–Crippen MR) is 86.9 cm³/mol. The summed E-state index contributed by atoms with van der Waals surface area (Å²) in [5, 5.41) is 3.96. The van der Waals surface area contributed by atoms with Gasteiger partial charge in [0.15, 0.2) is 5.16 Å². The van der Waals surface area contributed by atoms with Crippen LogP contribution in [0.4, 0.5) is 10.1 Å². The molecule has 0 aliphatic carbocycles. The molecular weight excluding hydrogens is 325 g/mol. The van der Waals surface area contributed by atoms with E-state index in [-0.39, 0.29) is 17.5 Å². The summed E-state index contributed by atoms with van der Waals surface area (Å²) >= 11 is 7.20. The first-order chi connectivity index (χ1) is 10.6. The number of carbonyl (C=O) groups is 1. The van der Waals surface area contributed by atoms with E-state index in [0.29, 0.717) is 15.9 Å². The number of imidazole rings is 1. The summed E-state index contributed by atoms with van der Waals surface area (Å²) in [6, 6.07) is 11.0.